The molecule has 1 aliphatic heterocycles. The molecule has 0 aromatic heterocycles. The van der Waals surface area contributed by atoms with Crippen LogP contribution in [-0.4, -0.2) is 43.1 Å². The average molecular weight is 341 g/mol. The van der Waals surface area contributed by atoms with Gasteiger partial charge < -0.3 is 14.4 Å². The Bertz CT molecular complexity index is 765. The van der Waals surface area contributed by atoms with E-state index in [9.17, 15) is 9.59 Å². The molecule has 2 aromatic rings. The highest BCUT2D eigenvalue weighted by Gasteiger charge is 2.30. The summed E-state index contributed by atoms with van der Waals surface area (Å²) in [6.07, 6.45) is 0.721. The summed E-state index contributed by atoms with van der Waals surface area (Å²) in [6, 6.07) is 13.9. The van der Waals surface area contributed by atoms with Crippen molar-refractivity contribution in [3.8, 4) is 5.75 Å². The number of rotatable bonds is 4. The fraction of sp³-hybridized carbons (Fsp3) is 0.400. The second-order valence-corrected chi connectivity index (χ2v) is 6.39. The molecular formula is C20H23NO4. The number of carbonyl (C=O) groups excluding carboxylic acids is 2. The zero-order valence-electron chi connectivity index (χ0n) is 14.6. The minimum absolute atomic E-state index is 0.0449. The van der Waals surface area contributed by atoms with Gasteiger partial charge in [-0.1, -0.05) is 30.3 Å². The summed E-state index contributed by atoms with van der Waals surface area (Å²) in [5.74, 6) is 0.346. The monoisotopic (exact) mass is 341 g/mol. The highest BCUT2D eigenvalue weighted by molar-refractivity contribution is 5.84. The number of methoxy groups -OCH3 is 1. The number of hydrogen-bond acceptors (Lipinski definition) is 4. The van der Waals surface area contributed by atoms with Gasteiger partial charge in [-0.25, -0.2) is 0 Å². The van der Waals surface area contributed by atoms with Crippen molar-refractivity contribution in [1.82, 2.24) is 4.90 Å². The van der Waals surface area contributed by atoms with Gasteiger partial charge in [-0.2, -0.15) is 0 Å². The topological polar surface area (TPSA) is 55.8 Å². The molecule has 1 atom stereocenters. The Morgan fingerprint density at radius 3 is 2.44 bits per heavy atom. The minimum atomic E-state index is -0.559. The van der Waals surface area contributed by atoms with Crippen LogP contribution in [-0.2, 0) is 14.3 Å². The van der Waals surface area contributed by atoms with Crippen molar-refractivity contribution in [2.24, 2.45) is 5.92 Å². The van der Waals surface area contributed by atoms with Crippen LogP contribution in [0.5, 0.6) is 5.75 Å². The Kier molecular flexibility index (Phi) is 5.22. The fourth-order valence-electron chi connectivity index (χ4n) is 3.25. The largest absolute Gasteiger partial charge is 0.481 e. The van der Waals surface area contributed by atoms with E-state index >= 15 is 0 Å². The Morgan fingerprint density at radius 2 is 1.76 bits per heavy atom. The second-order valence-electron chi connectivity index (χ2n) is 6.39. The maximum atomic E-state index is 12.6. The molecule has 0 radical (unpaired) electrons. The number of ether oxygens (including phenoxy) is 2. The zero-order chi connectivity index (χ0) is 17.8. The SMILES string of the molecule is COC(=O)C1CCN(C(=O)[C@@H](C)Oc2ccc3ccccc3c2)CC1. The van der Waals surface area contributed by atoms with Crippen LogP contribution in [0.25, 0.3) is 10.8 Å². The number of piperidine rings is 1. The van der Waals surface area contributed by atoms with Gasteiger partial charge in [-0.3, -0.25) is 9.59 Å². The standard InChI is InChI=1S/C20H23NO4/c1-14(19(22)21-11-9-16(10-12-21)20(23)24-2)25-18-8-7-15-5-3-4-6-17(15)13-18/h3-8,13-14,16H,9-12H2,1-2H3/t14-/m1/s1. The summed E-state index contributed by atoms with van der Waals surface area (Å²) in [6.45, 7) is 2.89. The van der Waals surface area contributed by atoms with Crippen LogP contribution in [0.15, 0.2) is 42.5 Å². The van der Waals surface area contributed by atoms with Crippen LogP contribution in [0.4, 0.5) is 0 Å². The van der Waals surface area contributed by atoms with E-state index in [1.807, 2.05) is 42.5 Å². The predicted molar refractivity (Wildman–Crippen MR) is 95.4 cm³/mol. The Balaban J connectivity index is 1.59. The molecule has 1 heterocycles. The van der Waals surface area contributed by atoms with Gasteiger partial charge in [0.25, 0.3) is 5.91 Å². The molecule has 0 bridgehead atoms. The van der Waals surface area contributed by atoms with E-state index in [-0.39, 0.29) is 17.8 Å². The van der Waals surface area contributed by atoms with Gasteiger partial charge >= 0.3 is 5.97 Å². The first-order valence-corrected chi connectivity index (χ1v) is 8.60. The van der Waals surface area contributed by atoms with Crippen LogP contribution in [0.2, 0.25) is 0 Å². The summed E-state index contributed by atoms with van der Waals surface area (Å²) < 4.78 is 10.6. The highest BCUT2D eigenvalue weighted by Crippen LogP contribution is 2.23. The molecular weight excluding hydrogens is 318 g/mol. The van der Waals surface area contributed by atoms with Crippen molar-refractivity contribution in [2.75, 3.05) is 20.2 Å². The van der Waals surface area contributed by atoms with Gasteiger partial charge in [0, 0.05) is 13.1 Å². The molecule has 0 aliphatic carbocycles. The van der Waals surface area contributed by atoms with E-state index in [0.717, 1.165) is 10.8 Å². The van der Waals surface area contributed by atoms with Crippen LogP contribution >= 0.6 is 0 Å². The maximum Gasteiger partial charge on any atom is 0.308 e. The van der Waals surface area contributed by atoms with Gasteiger partial charge in [0.1, 0.15) is 5.75 Å². The molecule has 0 saturated carbocycles. The molecule has 5 heteroatoms. The lowest BCUT2D eigenvalue weighted by Gasteiger charge is -2.32. The summed E-state index contributed by atoms with van der Waals surface area (Å²) in [5.41, 5.74) is 0. The lowest BCUT2D eigenvalue weighted by Crippen LogP contribution is -2.45. The van der Waals surface area contributed by atoms with Crippen LogP contribution in [0.3, 0.4) is 0 Å². The molecule has 3 rings (SSSR count). The van der Waals surface area contributed by atoms with Crippen molar-refractivity contribution < 1.29 is 19.1 Å². The fourth-order valence-corrected chi connectivity index (χ4v) is 3.25. The van der Waals surface area contributed by atoms with Gasteiger partial charge in [-0.15, -0.1) is 0 Å². The van der Waals surface area contributed by atoms with Crippen LogP contribution in [0.1, 0.15) is 19.8 Å². The molecule has 0 unspecified atom stereocenters. The number of nitrogens with zero attached hydrogens (tertiary/aromatic N) is 1. The van der Waals surface area contributed by atoms with Crippen molar-refractivity contribution in [3.05, 3.63) is 42.5 Å². The first-order chi connectivity index (χ1) is 12.1. The van der Waals surface area contributed by atoms with Crippen molar-refractivity contribution >= 4 is 22.6 Å². The second kappa shape index (κ2) is 7.55. The third kappa shape index (κ3) is 3.92. The number of hydrogen-bond donors (Lipinski definition) is 0. The van der Waals surface area contributed by atoms with E-state index in [2.05, 4.69) is 0 Å². The average Bonchev–Trinajstić information content (AvgIpc) is 2.66. The number of fused-ring (bicyclic) bond motifs is 1. The Hall–Kier alpha value is -2.56. The number of esters is 1. The van der Waals surface area contributed by atoms with E-state index in [1.165, 1.54) is 7.11 Å². The quantitative estimate of drug-likeness (QED) is 0.802. The molecule has 132 valence electrons. The molecule has 1 amide bonds. The highest BCUT2D eigenvalue weighted by atomic mass is 16.5. The van der Waals surface area contributed by atoms with E-state index < -0.39 is 6.10 Å². The van der Waals surface area contributed by atoms with Gasteiger partial charge in [0.15, 0.2) is 6.10 Å². The van der Waals surface area contributed by atoms with Crippen LogP contribution < -0.4 is 4.74 Å². The molecule has 1 fully saturated rings. The number of amides is 1. The molecule has 25 heavy (non-hydrogen) atoms. The Morgan fingerprint density at radius 1 is 1.08 bits per heavy atom. The first-order valence-electron chi connectivity index (χ1n) is 8.60. The van der Waals surface area contributed by atoms with E-state index in [4.69, 9.17) is 9.47 Å². The molecule has 0 N–H and O–H groups in total. The zero-order valence-corrected chi connectivity index (χ0v) is 14.6. The van der Waals surface area contributed by atoms with Crippen molar-refractivity contribution in [3.63, 3.8) is 0 Å². The third-order valence-electron chi connectivity index (χ3n) is 4.72. The molecule has 0 spiro atoms. The maximum absolute atomic E-state index is 12.6. The van der Waals surface area contributed by atoms with Gasteiger partial charge in [-0.05, 0) is 42.7 Å². The smallest absolute Gasteiger partial charge is 0.308 e. The predicted octanol–water partition coefficient (Wildman–Crippen LogP) is 3.02. The summed E-state index contributed by atoms with van der Waals surface area (Å²) in [4.78, 5) is 25.9. The van der Waals surface area contributed by atoms with Gasteiger partial charge in [0.2, 0.25) is 0 Å². The molecule has 1 saturated heterocycles. The van der Waals surface area contributed by atoms with E-state index in [1.54, 1.807) is 11.8 Å². The minimum Gasteiger partial charge on any atom is -0.481 e. The van der Waals surface area contributed by atoms with Crippen molar-refractivity contribution in [1.29, 1.82) is 0 Å². The number of likely N-dealkylation sites (tertiary alicyclic amines) is 1. The van der Waals surface area contributed by atoms with Crippen LogP contribution in [0, 0.1) is 5.92 Å². The Labute approximate surface area is 147 Å². The summed E-state index contributed by atoms with van der Waals surface area (Å²) in [7, 11) is 1.40. The van der Waals surface area contributed by atoms with E-state index in [0.29, 0.717) is 31.7 Å². The summed E-state index contributed by atoms with van der Waals surface area (Å²) >= 11 is 0. The van der Waals surface area contributed by atoms with Crippen molar-refractivity contribution in [2.45, 2.75) is 25.9 Å². The number of benzene rings is 2. The number of carbonyl (C=O) groups is 2. The normalized spacial score (nSPS) is 16.5. The lowest BCUT2D eigenvalue weighted by atomic mass is 9.97. The first kappa shape index (κ1) is 17.3. The third-order valence-corrected chi connectivity index (χ3v) is 4.72. The van der Waals surface area contributed by atoms with Gasteiger partial charge in [0.05, 0.1) is 13.0 Å². The lowest BCUT2D eigenvalue weighted by molar-refractivity contribution is -0.150. The summed E-state index contributed by atoms with van der Waals surface area (Å²) in [5, 5.41) is 2.22. The molecule has 5 nitrogen and oxygen atoms in total. The molecule has 2 aromatic carbocycles. The molecule has 1 aliphatic rings.